The summed E-state index contributed by atoms with van der Waals surface area (Å²) >= 11 is 6.28. The Morgan fingerprint density at radius 1 is 1.29 bits per heavy atom. The summed E-state index contributed by atoms with van der Waals surface area (Å²) in [6.07, 6.45) is 1.42. The highest BCUT2D eigenvalue weighted by Crippen LogP contribution is 2.22. The fourth-order valence-electron chi connectivity index (χ4n) is 2.27. The van der Waals surface area contributed by atoms with Crippen molar-refractivity contribution in [1.82, 2.24) is 24.8 Å². The number of carboxylic acids is 1. The topological polar surface area (TPSA) is 85.8 Å². The monoisotopic (exact) mass is 311 g/mol. The average molecular weight is 312 g/mol. The lowest BCUT2D eigenvalue weighted by molar-refractivity contribution is 0.0689. The number of aromatic carboxylic acids is 1. The molecule has 0 aromatic carbocycles. The molecule has 0 saturated heterocycles. The van der Waals surface area contributed by atoms with Gasteiger partial charge < -0.3 is 5.11 Å². The Kier molecular flexibility index (Phi) is 4.62. The van der Waals surface area contributed by atoms with E-state index >= 15 is 0 Å². The van der Waals surface area contributed by atoms with Crippen LogP contribution in [0.1, 0.15) is 47.8 Å². The predicted octanol–water partition coefficient (Wildman–Crippen LogP) is 2.16. The minimum Gasteiger partial charge on any atom is -0.476 e. The van der Waals surface area contributed by atoms with E-state index in [0.29, 0.717) is 30.2 Å². The van der Waals surface area contributed by atoms with E-state index in [0.717, 1.165) is 17.8 Å². The lowest BCUT2D eigenvalue weighted by Gasteiger charge is -2.08. The van der Waals surface area contributed by atoms with Gasteiger partial charge in [0.05, 0.1) is 28.6 Å². The van der Waals surface area contributed by atoms with Crippen LogP contribution in [0, 0.1) is 6.92 Å². The van der Waals surface area contributed by atoms with Crippen LogP contribution in [0.2, 0.25) is 5.02 Å². The van der Waals surface area contributed by atoms with Crippen molar-refractivity contribution >= 4 is 17.6 Å². The largest absolute Gasteiger partial charge is 0.476 e. The molecule has 0 saturated carbocycles. The summed E-state index contributed by atoms with van der Waals surface area (Å²) in [6, 6.07) is 0. The first-order chi connectivity index (χ1) is 9.99. The van der Waals surface area contributed by atoms with Gasteiger partial charge in [-0.05, 0) is 20.3 Å². The highest BCUT2D eigenvalue weighted by Gasteiger charge is 2.21. The van der Waals surface area contributed by atoms with E-state index in [2.05, 4.69) is 15.4 Å². The number of carboxylic acid groups (broad SMARTS) is 1. The summed E-state index contributed by atoms with van der Waals surface area (Å²) in [5.74, 6) is -1.06. The Balaban J connectivity index is 2.42. The maximum absolute atomic E-state index is 11.2. The zero-order valence-corrected chi connectivity index (χ0v) is 13.1. The molecule has 2 aromatic rings. The molecule has 0 radical (unpaired) electrons. The zero-order valence-electron chi connectivity index (χ0n) is 12.3. The summed E-state index contributed by atoms with van der Waals surface area (Å²) in [5, 5.41) is 21.8. The number of hydrogen-bond acceptors (Lipinski definition) is 4. The highest BCUT2D eigenvalue weighted by atomic mass is 35.5. The maximum Gasteiger partial charge on any atom is 0.358 e. The van der Waals surface area contributed by atoms with E-state index in [1.165, 1.54) is 0 Å². The molecule has 0 aliphatic carbocycles. The first-order valence-electron chi connectivity index (χ1n) is 6.86. The van der Waals surface area contributed by atoms with Gasteiger partial charge in [0, 0.05) is 6.54 Å². The summed E-state index contributed by atoms with van der Waals surface area (Å²) in [7, 11) is 0. The standard InChI is InChI=1S/C13H18ClN5O2/c1-4-6-9-12(13(20)21)15-17-19(9)7-10-11(14)8(3)16-18(10)5-2/h4-7H2,1-3H3,(H,20,21). The van der Waals surface area contributed by atoms with Gasteiger partial charge in [0.2, 0.25) is 0 Å². The summed E-state index contributed by atoms with van der Waals surface area (Å²) in [6.45, 7) is 6.85. The summed E-state index contributed by atoms with van der Waals surface area (Å²) in [5.41, 5.74) is 2.19. The van der Waals surface area contributed by atoms with Crippen molar-refractivity contribution in [2.75, 3.05) is 0 Å². The van der Waals surface area contributed by atoms with Gasteiger partial charge in [-0.25, -0.2) is 9.48 Å². The predicted molar refractivity (Wildman–Crippen MR) is 77.7 cm³/mol. The lowest BCUT2D eigenvalue weighted by atomic mass is 10.2. The molecule has 2 heterocycles. The van der Waals surface area contributed by atoms with Crippen molar-refractivity contribution in [3.63, 3.8) is 0 Å². The molecule has 2 rings (SSSR count). The summed E-state index contributed by atoms with van der Waals surface area (Å²) in [4.78, 5) is 11.2. The molecular formula is C13H18ClN5O2. The number of carbonyl (C=O) groups is 1. The average Bonchev–Trinajstić information content (AvgIpc) is 2.96. The van der Waals surface area contributed by atoms with Crippen molar-refractivity contribution in [1.29, 1.82) is 0 Å². The molecule has 0 aliphatic heterocycles. The van der Waals surface area contributed by atoms with E-state index in [1.54, 1.807) is 9.36 Å². The van der Waals surface area contributed by atoms with Crippen molar-refractivity contribution in [2.24, 2.45) is 0 Å². The molecule has 0 bridgehead atoms. The van der Waals surface area contributed by atoms with Gasteiger partial charge in [-0.3, -0.25) is 4.68 Å². The Bertz CT molecular complexity index is 662. The second-order valence-electron chi connectivity index (χ2n) is 4.76. The van der Waals surface area contributed by atoms with Crippen LogP contribution in [0.5, 0.6) is 0 Å². The highest BCUT2D eigenvalue weighted by molar-refractivity contribution is 6.31. The quantitative estimate of drug-likeness (QED) is 0.883. The molecule has 114 valence electrons. The first-order valence-corrected chi connectivity index (χ1v) is 7.24. The van der Waals surface area contributed by atoms with Crippen LogP contribution in [0.15, 0.2) is 0 Å². The molecule has 7 nitrogen and oxygen atoms in total. The third kappa shape index (κ3) is 2.92. The molecule has 0 atom stereocenters. The lowest BCUT2D eigenvalue weighted by Crippen LogP contribution is -2.13. The number of nitrogens with zero attached hydrogens (tertiary/aromatic N) is 5. The van der Waals surface area contributed by atoms with Gasteiger partial charge in [0.15, 0.2) is 5.69 Å². The van der Waals surface area contributed by atoms with Gasteiger partial charge in [0.25, 0.3) is 0 Å². The van der Waals surface area contributed by atoms with Gasteiger partial charge in [-0.15, -0.1) is 5.10 Å². The van der Waals surface area contributed by atoms with E-state index in [9.17, 15) is 9.90 Å². The minimum absolute atomic E-state index is 0.00672. The van der Waals surface area contributed by atoms with Crippen molar-refractivity contribution in [2.45, 2.75) is 46.7 Å². The van der Waals surface area contributed by atoms with E-state index in [1.807, 2.05) is 20.8 Å². The van der Waals surface area contributed by atoms with Crippen molar-refractivity contribution in [3.05, 3.63) is 27.8 Å². The summed E-state index contributed by atoms with van der Waals surface area (Å²) < 4.78 is 3.40. The van der Waals surface area contributed by atoms with E-state index < -0.39 is 5.97 Å². The molecule has 0 aliphatic rings. The minimum atomic E-state index is -1.06. The van der Waals surface area contributed by atoms with Gasteiger partial charge in [-0.2, -0.15) is 5.10 Å². The van der Waals surface area contributed by atoms with Crippen LogP contribution in [-0.2, 0) is 19.5 Å². The SMILES string of the molecule is CCCc1c(C(=O)O)nnn1Cc1c(Cl)c(C)nn1CC. The van der Waals surface area contributed by atoms with Crippen LogP contribution in [0.25, 0.3) is 0 Å². The molecule has 0 spiro atoms. The molecule has 0 fully saturated rings. The molecule has 1 N–H and O–H groups in total. The Labute approximate surface area is 127 Å². The molecule has 0 unspecified atom stereocenters. The van der Waals surface area contributed by atoms with Crippen molar-refractivity contribution in [3.8, 4) is 0 Å². The number of aryl methyl sites for hydroxylation is 2. The first kappa shape index (κ1) is 15.5. The fraction of sp³-hybridized carbons (Fsp3) is 0.538. The molecule has 8 heteroatoms. The smallest absolute Gasteiger partial charge is 0.358 e. The third-order valence-electron chi connectivity index (χ3n) is 3.28. The van der Waals surface area contributed by atoms with Gasteiger partial charge in [-0.1, -0.05) is 30.2 Å². The number of hydrogen-bond donors (Lipinski definition) is 1. The number of halogens is 1. The zero-order chi connectivity index (χ0) is 15.6. The fourth-order valence-corrected chi connectivity index (χ4v) is 2.47. The maximum atomic E-state index is 11.2. The van der Waals surface area contributed by atoms with Crippen LogP contribution in [0.3, 0.4) is 0 Å². The normalized spacial score (nSPS) is 11.0. The molecule has 0 amide bonds. The second kappa shape index (κ2) is 6.26. The molecular weight excluding hydrogens is 294 g/mol. The van der Waals surface area contributed by atoms with Gasteiger partial charge in [0.1, 0.15) is 0 Å². The Hall–Kier alpha value is -1.89. The van der Waals surface area contributed by atoms with Crippen LogP contribution in [0.4, 0.5) is 0 Å². The number of aromatic nitrogens is 5. The Morgan fingerprint density at radius 2 is 2.00 bits per heavy atom. The molecule has 21 heavy (non-hydrogen) atoms. The van der Waals surface area contributed by atoms with Crippen LogP contribution in [-0.4, -0.2) is 35.9 Å². The van der Waals surface area contributed by atoms with Crippen LogP contribution < -0.4 is 0 Å². The number of rotatable bonds is 6. The second-order valence-corrected chi connectivity index (χ2v) is 5.14. The Morgan fingerprint density at radius 3 is 2.57 bits per heavy atom. The van der Waals surface area contributed by atoms with E-state index in [4.69, 9.17) is 11.6 Å². The van der Waals surface area contributed by atoms with Gasteiger partial charge >= 0.3 is 5.97 Å². The third-order valence-corrected chi connectivity index (χ3v) is 3.77. The molecule has 2 aromatic heterocycles. The van der Waals surface area contributed by atoms with Crippen LogP contribution >= 0.6 is 11.6 Å². The van der Waals surface area contributed by atoms with Crippen molar-refractivity contribution < 1.29 is 9.90 Å². The van der Waals surface area contributed by atoms with E-state index in [-0.39, 0.29) is 5.69 Å².